The molecule has 0 aliphatic carbocycles. The summed E-state index contributed by atoms with van der Waals surface area (Å²) >= 11 is 1.97. The molecule has 0 atom stereocenters. The van der Waals surface area contributed by atoms with E-state index in [1.807, 2.05) is 36.3 Å². The zero-order valence-corrected chi connectivity index (χ0v) is 37.7. The molecule has 12 rings (SSSR count). The van der Waals surface area contributed by atoms with Crippen molar-refractivity contribution in [2.24, 2.45) is 0 Å². The second kappa shape index (κ2) is 15.8. The van der Waals surface area contributed by atoms with E-state index in [0.29, 0.717) is 0 Å². The lowest BCUT2D eigenvalue weighted by Gasteiger charge is -2.44. The lowest BCUT2D eigenvalue weighted by atomic mass is 10.1. The van der Waals surface area contributed by atoms with Gasteiger partial charge in [-0.25, -0.2) is 4.98 Å². The van der Waals surface area contributed by atoms with Gasteiger partial charge >= 0.3 is 0 Å². The highest BCUT2D eigenvalue weighted by molar-refractivity contribution is 8.00. The SMILES string of the molecule is c1ccc([Si](c2ccccc2)(c2cccc(-c3ccccn3)c2)c2cc3c(c4c2Sc2ccccc2[Si]4(c2ccccc2)c2ccccc2)c2ccccc2n3-c2ccccn2)cc1. The van der Waals surface area contributed by atoms with Crippen LogP contribution in [0.5, 0.6) is 0 Å². The van der Waals surface area contributed by atoms with Gasteiger partial charge in [0, 0.05) is 38.5 Å². The van der Waals surface area contributed by atoms with E-state index in [4.69, 9.17) is 9.97 Å². The van der Waals surface area contributed by atoms with Gasteiger partial charge in [0.2, 0.25) is 0 Å². The van der Waals surface area contributed by atoms with Crippen LogP contribution in [0.3, 0.4) is 0 Å². The molecule has 0 fully saturated rings. The van der Waals surface area contributed by atoms with Crippen LogP contribution in [-0.2, 0) is 0 Å². The Morgan fingerprint density at radius 3 is 1.69 bits per heavy atom. The molecule has 1 aliphatic heterocycles. The first-order valence-electron chi connectivity index (χ1n) is 21.8. The molecule has 302 valence electrons. The first-order valence-corrected chi connectivity index (χ1v) is 26.6. The molecule has 1 aliphatic rings. The van der Waals surface area contributed by atoms with Gasteiger partial charge in [0.25, 0.3) is 0 Å². The molecule has 6 heteroatoms. The minimum Gasteiger partial charge on any atom is -0.294 e. The molecule has 0 radical (unpaired) electrons. The standard InChI is InChI=1S/C58H41N3SSi2/c1-5-23-43(24-6-1)63(44-25-7-2-8-26-44,47-31-21-22-42(40-47)49-33-17-19-38-59-49)54-41-51-56(48-32-13-14-34-50(48)61(51)55-37-18-20-39-60-55)58-57(54)62-52-35-15-16-36-53(52)64(58,45-27-9-3-10-28-45)46-29-11-4-12-30-46/h1-41H. The van der Waals surface area contributed by atoms with Crippen molar-refractivity contribution in [1.82, 2.24) is 14.5 Å². The van der Waals surface area contributed by atoms with Gasteiger partial charge in [-0.1, -0.05) is 206 Å². The van der Waals surface area contributed by atoms with Gasteiger partial charge in [0.05, 0.1) is 16.7 Å². The van der Waals surface area contributed by atoms with Crippen LogP contribution in [0.25, 0.3) is 38.9 Å². The average Bonchev–Trinajstić information content (AvgIpc) is 3.72. The van der Waals surface area contributed by atoms with Gasteiger partial charge in [-0.3, -0.25) is 9.55 Å². The van der Waals surface area contributed by atoms with Crippen LogP contribution in [-0.4, -0.2) is 30.7 Å². The van der Waals surface area contributed by atoms with Crippen molar-refractivity contribution in [2.45, 2.75) is 9.79 Å². The third-order valence-corrected chi connectivity index (χ3v) is 24.6. The molecule has 8 aromatic carbocycles. The van der Waals surface area contributed by atoms with Crippen molar-refractivity contribution in [3.63, 3.8) is 0 Å². The van der Waals surface area contributed by atoms with E-state index in [1.54, 1.807) is 0 Å². The molecule has 0 amide bonds. The van der Waals surface area contributed by atoms with Crippen LogP contribution in [0, 0.1) is 0 Å². The van der Waals surface area contributed by atoms with Gasteiger partial charge in [-0.15, -0.1) is 0 Å². The highest BCUT2D eigenvalue weighted by Crippen LogP contribution is 2.40. The van der Waals surface area contributed by atoms with Crippen molar-refractivity contribution in [2.75, 3.05) is 0 Å². The number of hydrogen-bond acceptors (Lipinski definition) is 3. The lowest BCUT2D eigenvalue weighted by Crippen LogP contribution is -2.80. The number of hydrogen-bond donors (Lipinski definition) is 0. The fourth-order valence-electron chi connectivity index (χ4n) is 10.6. The highest BCUT2D eigenvalue weighted by atomic mass is 32.2. The monoisotopic (exact) mass is 867 g/mol. The van der Waals surface area contributed by atoms with E-state index in [-0.39, 0.29) is 0 Å². The zero-order valence-electron chi connectivity index (χ0n) is 34.9. The quantitative estimate of drug-likeness (QED) is 0.114. The van der Waals surface area contributed by atoms with Crippen LogP contribution in [0.1, 0.15) is 0 Å². The Kier molecular flexibility index (Phi) is 9.44. The van der Waals surface area contributed by atoms with Gasteiger partial charge in [-0.05, 0) is 84.0 Å². The maximum Gasteiger partial charge on any atom is 0.182 e. The summed E-state index contributed by atoms with van der Waals surface area (Å²) in [7, 11) is -6.44. The summed E-state index contributed by atoms with van der Waals surface area (Å²) in [4.78, 5) is 12.7. The van der Waals surface area contributed by atoms with E-state index in [2.05, 4.69) is 229 Å². The number of nitrogens with zero attached hydrogens (tertiary/aromatic N) is 3. The summed E-state index contributed by atoms with van der Waals surface area (Å²) in [5, 5.41) is 13.5. The molecule has 4 heterocycles. The molecule has 3 aromatic heterocycles. The lowest BCUT2D eigenvalue weighted by molar-refractivity contribution is 1.08. The maximum atomic E-state index is 5.11. The Hall–Kier alpha value is -7.36. The second-order valence-corrected chi connectivity index (χ2v) is 24.9. The van der Waals surface area contributed by atoms with E-state index >= 15 is 0 Å². The summed E-state index contributed by atoms with van der Waals surface area (Å²) in [6, 6.07) is 88.4. The molecule has 0 saturated heterocycles. The summed E-state index contributed by atoms with van der Waals surface area (Å²) < 4.78 is 2.44. The topological polar surface area (TPSA) is 30.7 Å². The highest BCUT2D eigenvalue weighted by Gasteiger charge is 2.52. The van der Waals surface area contributed by atoms with Gasteiger partial charge in [-0.2, -0.15) is 0 Å². The van der Waals surface area contributed by atoms with E-state index in [0.717, 1.165) is 22.6 Å². The minimum absolute atomic E-state index is 0.902. The third-order valence-electron chi connectivity index (χ3n) is 13.2. The molecule has 3 nitrogen and oxygen atoms in total. The van der Waals surface area contributed by atoms with Crippen LogP contribution in [0.2, 0.25) is 0 Å². The first-order chi connectivity index (χ1) is 31.8. The molecule has 0 unspecified atom stereocenters. The van der Waals surface area contributed by atoms with E-state index in [9.17, 15) is 0 Å². The number of para-hydroxylation sites is 1. The Morgan fingerprint density at radius 2 is 1.03 bits per heavy atom. The Morgan fingerprint density at radius 1 is 0.453 bits per heavy atom. The van der Waals surface area contributed by atoms with Crippen molar-refractivity contribution in [3.8, 4) is 17.1 Å². The third kappa shape index (κ3) is 5.80. The molecule has 0 saturated carbocycles. The minimum atomic E-state index is -3.28. The molecular weight excluding hydrogens is 827 g/mol. The smallest absolute Gasteiger partial charge is 0.182 e. The maximum absolute atomic E-state index is 5.11. The zero-order chi connectivity index (χ0) is 42.5. The largest absolute Gasteiger partial charge is 0.294 e. The normalized spacial score (nSPS) is 13.1. The van der Waals surface area contributed by atoms with Gasteiger partial charge in [0.15, 0.2) is 16.1 Å². The second-order valence-electron chi connectivity index (χ2n) is 16.4. The van der Waals surface area contributed by atoms with Crippen LogP contribution < -0.4 is 41.5 Å². The summed E-state index contributed by atoms with van der Waals surface area (Å²) in [6.07, 6.45) is 3.82. The number of fused-ring (bicyclic) bond motifs is 6. The Bertz CT molecular complexity index is 3380. The Labute approximate surface area is 379 Å². The fourth-order valence-corrected chi connectivity index (χ4v) is 23.5. The summed E-state index contributed by atoms with van der Waals surface area (Å²) in [6.45, 7) is 0. The van der Waals surface area contributed by atoms with Crippen LogP contribution in [0.4, 0.5) is 0 Å². The van der Waals surface area contributed by atoms with E-state index in [1.165, 1.54) is 67.6 Å². The molecule has 64 heavy (non-hydrogen) atoms. The van der Waals surface area contributed by atoms with E-state index < -0.39 is 16.1 Å². The van der Waals surface area contributed by atoms with Crippen LogP contribution in [0.15, 0.2) is 259 Å². The molecule has 0 spiro atoms. The number of rotatable bonds is 8. The fraction of sp³-hybridized carbons (Fsp3) is 0. The number of benzene rings is 8. The molecular formula is C58H41N3SSi2. The average molecular weight is 868 g/mol. The predicted octanol–water partition coefficient (Wildman–Crippen LogP) is 8.46. The predicted molar refractivity (Wildman–Crippen MR) is 273 cm³/mol. The van der Waals surface area contributed by atoms with Crippen molar-refractivity contribution >= 4 is 91.2 Å². The molecule has 11 aromatic rings. The first kappa shape index (κ1) is 38.3. The summed E-state index contributed by atoms with van der Waals surface area (Å²) in [5.41, 5.74) is 4.38. The molecule has 0 bridgehead atoms. The van der Waals surface area contributed by atoms with Crippen molar-refractivity contribution in [3.05, 3.63) is 249 Å². The van der Waals surface area contributed by atoms with Gasteiger partial charge in [0.1, 0.15) is 5.82 Å². The van der Waals surface area contributed by atoms with Crippen molar-refractivity contribution in [1.29, 1.82) is 0 Å². The van der Waals surface area contributed by atoms with Crippen LogP contribution >= 0.6 is 11.8 Å². The number of pyridine rings is 2. The van der Waals surface area contributed by atoms with Gasteiger partial charge < -0.3 is 0 Å². The van der Waals surface area contributed by atoms with Crippen molar-refractivity contribution < 1.29 is 0 Å². The summed E-state index contributed by atoms with van der Waals surface area (Å²) in [5.74, 6) is 0.902. The molecule has 0 N–H and O–H groups in total. The Balaban J connectivity index is 1.37. The number of aromatic nitrogens is 3.